The molecule has 0 bridgehead atoms. The van der Waals surface area contributed by atoms with Crippen LogP contribution in [-0.2, 0) is 11.4 Å². The topological polar surface area (TPSA) is 94.6 Å². The van der Waals surface area contributed by atoms with Crippen LogP contribution in [-0.4, -0.2) is 5.97 Å². The van der Waals surface area contributed by atoms with Crippen LogP contribution in [0.1, 0.15) is 74.5 Å². The van der Waals surface area contributed by atoms with Crippen molar-refractivity contribution in [3.8, 4) is 23.3 Å². The van der Waals surface area contributed by atoms with Crippen LogP contribution in [0.5, 0.6) is 17.2 Å². The van der Waals surface area contributed by atoms with Crippen molar-refractivity contribution in [3.63, 3.8) is 0 Å². The summed E-state index contributed by atoms with van der Waals surface area (Å²) in [4.78, 5) is 13.0. The lowest BCUT2D eigenvalue weighted by molar-refractivity contribution is -0.140. The fourth-order valence-corrected chi connectivity index (χ4v) is 5.75. The van der Waals surface area contributed by atoms with E-state index in [1.165, 1.54) is 19.3 Å². The summed E-state index contributed by atoms with van der Waals surface area (Å²) in [5, 5.41) is 9.96. The van der Waals surface area contributed by atoms with Gasteiger partial charge in [-0.3, -0.25) is 4.79 Å². The van der Waals surface area contributed by atoms with Crippen molar-refractivity contribution in [2.45, 2.75) is 64.4 Å². The number of unbranched alkanes of at least 4 members (excludes halogenated alkanes) is 1. The maximum Gasteiger partial charge on any atom is 0.314 e. The predicted octanol–water partition coefficient (Wildman–Crippen LogP) is 7.39. The minimum absolute atomic E-state index is 0.0458. The summed E-state index contributed by atoms with van der Waals surface area (Å²) in [7, 11) is 0. The lowest BCUT2D eigenvalue weighted by Crippen LogP contribution is -2.26. The summed E-state index contributed by atoms with van der Waals surface area (Å²) in [6.45, 7) is 2.66. The number of benzene rings is 3. The molecule has 40 heavy (non-hydrogen) atoms. The fraction of sp³-hybridized carbons (Fsp3) is 0.353. The zero-order valence-electron chi connectivity index (χ0n) is 23.0. The SMILES string of the molecule is CCCCC1CCC(C(=O)Oc2ccc3c(c2)OC(N)=C(C#N)C3c2cccc(OCc3ccccc3)c2)CC1. The molecular weight excluding hydrogens is 500 g/mol. The molecule has 2 N–H and O–H groups in total. The number of rotatable bonds is 9. The van der Waals surface area contributed by atoms with E-state index < -0.39 is 5.92 Å². The predicted molar refractivity (Wildman–Crippen MR) is 154 cm³/mol. The zero-order valence-corrected chi connectivity index (χ0v) is 23.0. The molecule has 6 nitrogen and oxygen atoms in total. The number of carbonyl (C=O) groups is 1. The molecule has 3 aromatic rings. The van der Waals surface area contributed by atoms with Crippen LogP contribution in [0.15, 0.2) is 84.3 Å². The molecule has 1 heterocycles. The van der Waals surface area contributed by atoms with Crippen molar-refractivity contribution in [2.75, 3.05) is 0 Å². The first-order valence-electron chi connectivity index (χ1n) is 14.3. The molecule has 3 aromatic carbocycles. The van der Waals surface area contributed by atoms with E-state index in [4.69, 9.17) is 19.9 Å². The molecule has 1 atom stereocenters. The summed E-state index contributed by atoms with van der Waals surface area (Å²) in [5.74, 6) is 1.67. The van der Waals surface area contributed by atoms with Gasteiger partial charge in [0, 0.05) is 11.6 Å². The van der Waals surface area contributed by atoms with Gasteiger partial charge in [-0.2, -0.15) is 5.26 Å². The van der Waals surface area contributed by atoms with Crippen LogP contribution in [0.3, 0.4) is 0 Å². The Balaban J connectivity index is 1.31. The zero-order chi connectivity index (χ0) is 27.9. The summed E-state index contributed by atoms with van der Waals surface area (Å²) in [6.07, 6.45) is 7.64. The Morgan fingerprint density at radius 2 is 1.80 bits per heavy atom. The smallest absolute Gasteiger partial charge is 0.314 e. The van der Waals surface area contributed by atoms with E-state index >= 15 is 0 Å². The fourth-order valence-electron chi connectivity index (χ4n) is 5.75. The average Bonchev–Trinajstić information content (AvgIpc) is 2.99. The number of nitrogens with zero attached hydrogens (tertiary/aromatic N) is 1. The molecule has 1 saturated carbocycles. The summed E-state index contributed by atoms with van der Waals surface area (Å²) < 4.78 is 17.7. The van der Waals surface area contributed by atoms with Gasteiger partial charge >= 0.3 is 5.97 Å². The largest absolute Gasteiger partial charge is 0.489 e. The van der Waals surface area contributed by atoms with Crippen molar-refractivity contribution in [1.82, 2.24) is 0 Å². The number of ether oxygens (including phenoxy) is 3. The minimum Gasteiger partial charge on any atom is -0.489 e. The van der Waals surface area contributed by atoms with Gasteiger partial charge in [0.15, 0.2) is 0 Å². The highest BCUT2D eigenvalue weighted by Gasteiger charge is 2.32. The first-order chi connectivity index (χ1) is 19.6. The van der Waals surface area contributed by atoms with Gasteiger partial charge in [0.1, 0.15) is 35.5 Å². The quantitative estimate of drug-likeness (QED) is 0.226. The lowest BCUT2D eigenvalue weighted by atomic mass is 9.80. The van der Waals surface area contributed by atoms with Crippen LogP contribution in [0.4, 0.5) is 0 Å². The normalized spacial score (nSPS) is 20.1. The van der Waals surface area contributed by atoms with E-state index in [0.717, 1.165) is 48.3 Å². The second-order valence-corrected chi connectivity index (χ2v) is 10.8. The molecule has 0 radical (unpaired) electrons. The first-order valence-corrected chi connectivity index (χ1v) is 14.3. The van der Waals surface area contributed by atoms with E-state index in [9.17, 15) is 10.1 Å². The number of carbonyl (C=O) groups excluding carboxylic acids is 1. The van der Waals surface area contributed by atoms with Gasteiger partial charge in [-0.15, -0.1) is 0 Å². The van der Waals surface area contributed by atoms with E-state index in [-0.39, 0.29) is 17.8 Å². The molecule has 1 unspecified atom stereocenters. The molecule has 206 valence electrons. The first kappa shape index (κ1) is 27.3. The third-order valence-corrected chi connectivity index (χ3v) is 7.99. The van der Waals surface area contributed by atoms with E-state index in [1.54, 1.807) is 12.1 Å². The number of esters is 1. The molecule has 2 aliphatic rings. The summed E-state index contributed by atoms with van der Waals surface area (Å²) in [6, 6.07) is 25.2. The Morgan fingerprint density at radius 3 is 2.55 bits per heavy atom. The molecule has 0 saturated heterocycles. The van der Waals surface area contributed by atoms with Gasteiger partial charge in [0.05, 0.1) is 11.8 Å². The Morgan fingerprint density at radius 1 is 1.00 bits per heavy atom. The molecule has 5 rings (SSSR count). The van der Waals surface area contributed by atoms with Crippen LogP contribution >= 0.6 is 0 Å². The van der Waals surface area contributed by atoms with E-state index in [1.807, 2.05) is 60.7 Å². The van der Waals surface area contributed by atoms with Crippen molar-refractivity contribution in [3.05, 3.63) is 101 Å². The van der Waals surface area contributed by atoms with Gasteiger partial charge in [0.25, 0.3) is 0 Å². The standard InChI is InChI=1S/C34H36N2O4/c1-2-3-8-23-13-15-25(16-14-23)34(37)39-28-17-18-29-31(20-28)40-33(36)30(21-35)32(29)26-11-7-12-27(19-26)38-22-24-9-5-4-6-10-24/h4-7,9-12,17-20,23,25,32H,2-3,8,13-16,22,36H2,1H3. The van der Waals surface area contributed by atoms with E-state index in [2.05, 4.69) is 13.0 Å². The molecule has 0 spiro atoms. The second kappa shape index (κ2) is 12.7. The van der Waals surface area contributed by atoms with Crippen molar-refractivity contribution in [1.29, 1.82) is 5.26 Å². The van der Waals surface area contributed by atoms with Crippen LogP contribution < -0.4 is 19.9 Å². The van der Waals surface area contributed by atoms with E-state index in [0.29, 0.717) is 29.4 Å². The number of fused-ring (bicyclic) bond motifs is 1. The summed E-state index contributed by atoms with van der Waals surface area (Å²) in [5.41, 5.74) is 9.25. The molecule has 1 fully saturated rings. The number of allylic oxidation sites excluding steroid dienone is 1. The maximum absolute atomic E-state index is 13.0. The Kier molecular flexibility index (Phi) is 8.71. The van der Waals surface area contributed by atoms with Gasteiger partial charge in [0.2, 0.25) is 5.88 Å². The van der Waals surface area contributed by atoms with Crippen molar-refractivity contribution >= 4 is 5.97 Å². The highest BCUT2D eigenvalue weighted by atomic mass is 16.5. The van der Waals surface area contributed by atoms with Crippen LogP contribution in [0.25, 0.3) is 0 Å². The van der Waals surface area contributed by atoms with Gasteiger partial charge in [-0.1, -0.05) is 74.7 Å². The number of nitrogens with two attached hydrogens (primary N) is 1. The highest BCUT2D eigenvalue weighted by molar-refractivity contribution is 5.75. The lowest BCUT2D eigenvalue weighted by Gasteiger charge is -2.28. The molecule has 1 aliphatic heterocycles. The highest BCUT2D eigenvalue weighted by Crippen LogP contribution is 2.44. The number of hydrogen-bond acceptors (Lipinski definition) is 6. The average molecular weight is 537 g/mol. The maximum atomic E-state index is 13.0. The van der Waals surface area contributed by atoms with Crippen molar-refractivity contribution in [2.24, 2.45) is 17.6 Å². The molecule has 0 amide bonds. The van der Waals surface area contributed by atoms with Crippen LogP contribution in [0.2, 0.25) is 0 Å². The monoisotopic (exact) mass is 536 g/mol. The third-order valence-electron chi connectivity index (χ3n) is 7.99. The molecular formula is C34H36N2O4. The third kappa shape index (κ3) is 6.31. The minimum atomic E-state index is -0.433. The molecule has 6 heteroatoms. The Labute approximate surface area is 236 Å². The van der Waals surface area contributed by atoms with Gasteiger partial charge in [-0.05, 0) is 60.9 Å². The van der Waals surface area contributed by atoms with Gasteiger partial charge in [-0.25, -0.2) is 0 Å². The number of nitriles is 1. The van der Waals surface area contributed by atoms with Crippen LogP contribution in [0, 0.1) is 23.2 Å². The Hall–Kier alpha value is -4.24. The van der Waals surface area contributed by atoms with Crippen molar-refractivity contribution < 1.29 is 19.0 Å². The Bertz CT molecular complexity index is 1400. The molecule has 0 aromatic heterocycles. The summed E-state index contributed by atoms with van der Waals surface area (Å²) >= 11 is 0. The number of hydrogen-bond donors (Lipinski definition) is 1. The second-order valence-electron chi connectivity index (χ2n) is 10.8. The van der Waals surface area contributed by atoms with Gasteiger partial charge < -0.3 is 19.9 Å². The molecule has 1 aliphatic carbocycles.